The van der Waals surface area contributed by atoms with E-state index < -0.39 is 0 Å². The van der Waals surface area contributed by atoms with E-state index in [9.17, 15) is 4.79 Å². The SMILES string of the molecule is CSc1nc2nc(-c3ccc(C)cc3)cc(-c3ccc(C)cc3)c2c(=O)[nH]1. The van der Waals surface area contributed by atoms with Crippen molar-refractivity contribution < 1.29 is 0 Å². The largest absolute Gasteiger partial charge is 0.301 e. The molecule has 0 unspecified atom stereocenters. The highest BCUT2D eigenvalue weighted by Gasteiger charge is 2.15. The molecule has 5 heteroatoms. The third-order valence-electron chi connectivity index (χ3n) is 4.56. The summed E-state index contributed by atoms with van der Waals surface area (Å²) in [7, 11) is 0. The Morgan fingerprint density at radius 1 is 0.852 bits per heavy atom. The molecule has 0 radical (unpaired) electrons. The predicted molar refractivity (Wildman–Crippen MR) is 112 cm³/mol. The van der Waals surface area contributed by atoms with Crippen LogP contribution in [0.3, 0.4) is 0 Å². The molecule has 0 saturated carbocycles. The van der Waals surface area contributed by atoms with Crippen LogP contribution in [0.1, 0.15) is 11.1 Å². The minimum absolute atomic E-state index is 0.164. The van der Waals surface area contributed by atoms with E-state index in [2.05, 4.69) is 29.0 Å². The van der Waals surface area contributed by atoms with E-state index in [1.54, 1.807) is 0 Å². The normalized spacial score (nSPS) is 11.1. The van der Waals surface area contributed by atoms with Gasteiger partial charge in [0.1, 0.15) is 0 Å². The smallest absolute Gasteiger partial charge is 0.261 e. The van der Waals surface area contributed by atoms with E-state index in [1.165, 1.54) is 22.9 Å². The number of hydrogen-bond donors (Lipinski definition) is 1. The summed E-state index contributed by atoms with van der Waals surface area (Å²) in [5.41, 5.74) is 6.30. The fraction of sp³-hybridized carbons (Fsp3) is 0.136. The lowest BCUT2D eigenvalue weighted by Crippen LogP contribution is -2.11. The predicted octanol–water partition coefficient (Wildman–Crippen LogP) is 4.99. The van der Waals surface area contributed by atoms with Gasteiger partial charge in [-0.3, -0.25) is 4.79 Å². The standard InChI is InChI=1S/C22H19N3OS/c1-13-4-8-15(9-5-13)17-12-18(16-10-6-14(2)7-11-16)23-20-19(17)21(26)25-22(24-20)27-3/h4-12H,1-3H3,(H,23,24,25,26). The van der Waals surface area contributed by atoms with Crippen molar-refractivity contribution in [3.8, 4) is 22.4 Å². The summed E-state index contributed by atoms with van der Waals surface area (Å²) in [6.07, 6.45) is 1.88. The summed E-state index contributed by atoms with van der Waals surface area (Å²) < 4.78 is 0. The Hall–Kier alpha value is -2.92. The van der Waals surface area contributed by atoms with Gasteiger partial charge < -0.3 is 4.98 Å². The van der Waals surface area contributed by atoms with Gasteiger partial charge in [-0.1, -0.05) is 71.4 Å². The average molecular weight is 373 g/mol. The monoisotopic (exact) mass is 373 g/mol. The highest BCUT2D eigenvalue weighted by Crippen LogP contribution is 2.30. The summed E-state index contributed by atoms with van der Waals surface area (Å²) in [6.45, 7) is 4.10. The van der Waals surface area contributed by atoms with Crippen molar-refractivity contribution in [2.24, 2.45) is 0 Å². The van der Waals surface area contributed by atoms with Crippen LogP contribution in [-0.2, 0) is 0 Å². The number of hydrogen-bond acceptors (Lipinski definition) is 4. The van der Waals surface area contributed by atoms with E-state index in [0.717, 1.165) is 22.4 Å². The molecule has 0 aliphatic carbocycles. The number of aromatic amines is 1. The highest BCUT2D eigenvalue weighted by atomic mass is 32.2. The number of H-pyrrole nitrogens is 1. The number of thioether (sulfide) groups is 1. The van der Waals surface area contributed by atoms with Gasteiger partial charge in [-0.2, -0.15) is 0 Å². The van der Waals surface area contributed by atoms with Crippen molar-refractivity contribution in [3.05, 3.63) is 76.1 Å². The second-order valence-corrected chi connectivity index (χ2v) is 7.36. The Bertz CT molecular complexity index is 1180. The lowest BCUT2D eigenvalue weighted by atomic mass is 9.99. The van der Waals surface area contributed by atoms with Crippen LogP contribution in [0, 0.1) is 13.8 Å². The second kappa shape index (κ2) is 7.00. The molecule has 27 heavy (non-hydrogen) atoms. The molecule has 2 aromatic heterocycles. The van der Waals surface area contributed by atoms with Gasteiger partial charge in [-0.25, -0.2) is 9.97 Å². The van der Waals surface area contributed by atoms with Gasteiger partial charge in [0.15, 0.2) is 10.8 Å². The Kier molecular flexibility index (Phi) is 4.54. The molecule has 134 valence electrons. The van der Waals surface area contributed by atoms with E-state index in [-0.39, 0.29) is 5.56 Å². The van der Waals surface area contributed by atoms with E-state index in [1.807, 2.05) is 55.6 Å². The van der Waals surface area contributed by atoms with Crippen molar-refractivity contribution in [1.82, 2.24) is 15.0 Å². The number of nitrogens with one attached hydrogen (secondary N) is 1. The average Bonchev–Trinajstić information content (AvgIpc) is 2.68. The first kappa shape index (κ1) is 17.5. The Balaban J connectivity index is 2.05. The van der Waals surface area contributed by atoms with Crippen LogP contribution in [0.25, 0.3) is 33.4 Å². The van der Waals surface area contributed by atoms with Crippen LogP contribution < -0.4 is 5.56 Å². The molecular formula is C22H19N3OS. The summed E-state index contributed by atoms with van der Waals surface area (Å²) in [4.78, 5) is 24.9. The van der Waals surface area contributed by atoms with Gasteiger partial charge in [-0.05, 0) is 31.7 Å². The molecule has 2 aromatic carbocycles. The first-order chi connectivity index (χ1) is 13.0. The quantitative estimate of drug-likeness (QED) is 0.406. The number of pyridine rings is 1. The molecule has 0 aliphatic rings. The van der Waals surface area contributed by atoms with Gasteiger partial charge in [0.05, 0.1) is 11.1 Å². The molecule has 1 N–H and O–H groups in total. The van der Waals surface area contributed by atoms with Crippen molar-refractivity contribution in [2.45, 2.75) is 19.0 Å². The highest BCUT2D eigenvalue weighted by molar-refractivity contribution is 7.98. The minimum atomic E-state index is -0.164. The third kappa shape index (κ3) is 3.38. The summed E-state index contributed by atoms with van der Waals surface area (Å²) in [6, 6.07) is 18.4. The van der Waals surface area contributed by atoms with Crippen LogP contribution in [-0.4, -0.2) is 21.2 Å². The fourth-order valence-corrected chi connectivity index (χ4v) is 3.42. The zero-order valence-electron chi connectivity index (χ0n) is 15.4. The minimum Gasteiger partial charge on any atom is -0.301 e. The van der Waals surface area contributed by atoms with Gasteiger partial charge >= 0.3 is 0 Å². The van der Waals surface area contributed by atoms with Crippen LogP contribution in [0.2, 0.25) is 0 Å². The van der Waals surface area contributed by atoms with E-state index in [4.69, 9.17) is 4.98 Å². The summed E-state index contributed by atoms with van der Waals surface area (Å²) >= 11 is 1.40. The van der Waals surface area contributed by atoms with Gasteiger partial charge in [0, 0.05) is 11.1 Å². The molecule has 4 nitrogen and oxygen atoms in total. The fourth-order valence-electron chi connectivity index (χ4n) is 3.05. The van der Waals surface area contributed by atoms with Crippen LogP contribution in [0.5, 0.6) is 0 Å². The Labute approximate surface area is 161 Å². The maximum Gasteiger partial charge on any atom is 0.261 e. The van der Waals surface area contributed by atoms with Gasteiger partial charge in [0.25, 0.3) is 5.56 Å². The van der Waals surface area contributed by atoms with Crippen molar-refractivity contribution in [2.75, 3.05) is 6.26 Å². The third-order valence-corrected chi connectivity index (χ3v) is 5.14. The maximum absolute atomic E-state index is 12.8. The van der Waals surface area contributed by atoms with E-state index in [0.29, 0.717) is 16.2 Å². The molecular weight excluding hydrogens is 354 g/mol. The number of fused-ring (bicyclic) bond motifs is 1. The Morgan fingerprint density at radius 3 is 2.04 bits per heavy atom. The molecule has 0 fully saturated rings. The summed E-state index contributed by atoms with van der Waals surface area (Å²) in [5.74, 6) is 0. The molecule has 0 spiro atoms. The molecule has 0 bridgehead atoms. The molecule has 4 rings (SSSR count). The first-order valence-corrected chi connectivity index (χ1v) is 9.91. The number of aryl methyl sites for hydroxylation is 2. The second-order valence-electron chi connectivity index (χ2n) is 6.56. The zero-order chi connectivity index (χ0) is 19.0. The number of rotatable bonds is 3. The summed E-state index contributed by atoms with van der Waals surface area (Å²) in [5, 5.41) is 1.09. The lowest BCUT2D eigenvalue weighted by Gasteiger charge is -2.10. The van der Waals surface area contributed by atoms with Crippen molar-refractivity contribution >= 4 is 22.8 Å². The molecule has 2 heterocycles. The Morgan fingerprint density at radius 2 is 1.44 bits per heavy atom. The van der Waals surface area contributed by atoms with Crippen LogP contribution >= 0.6 is 11.8 Å². The van der Waals surface area contributed by atoms with E-state index >= 15 is 0 Å². The van der Waals surface area contributed by atoms with Crippen molar-refractivity contribution in [3.63, 3.8) is 0 Å². The molecule has 0 aliphatic heterocycles. The first-order valence-electron chi connectivity index (χ1n) is 8.68. The topological polar surface area (TPSA) is 58.6 Å². The molecule has 0 amide bonds. The number of aromatic nitrogens is 3. The van der Waals surface area contributed by atoms with Gasteiger partial charge in [-0.15, -0.1) is 0 Å². The van der Waals surface area contributed by atoms with Crippen LogP contribution in [0.4, 0.5) is 0 Å². The lowest BCUT2D eigenvalue weighted by molar-refractivity contribution is 0.965. The molecule has 4 aromatic rings. The number of benzene rings is 2. The number of nitrogens with zero attached hydrogens (tertiary/aromatic N) is 2. The van der Waals surface area contributed by atoms with Crippen molar-refractivity contribution in [1.29, 1.82) is 0 Å². The maximum atomic E-state index is 12.8. The molecule has 0 atom stereocenters. The van der Waals surface area contributed by atoms with Crippen LogP contribution in [0.15, 0.2) is 64.5 Å². The molecule has 0 saturated heterocycles. The van der Waals surface area contributed by atoms with Gasteiger partial charge in [0.2, 0.25) is 0 Å². The zero-order valence-corrected chi connectivity index (χ0v) is 16.2.